The Morgan fingerprint density at radius 2 is 2.37 bits per heavy atom. The van der Waals surface area contributed by atoms with Gasteiger partial charge < -0.3 is 9.72 Å². The van der Waals surface area contributed by atoms with Crippen LogP contribution >= 0.6 is 0 Å². The topological polar surface area (TPSA) is 88.0 Å². The molecule has 19 heavy (non-hydrogen) atoms. The number of nitrogens with zero attached hydrogens (tertiary/aromatic N) is 4. The van der Waals surface area contributed by atoms with E-state index in [0.717, 1.165) is 5.65 Å². The number of imidazole rings is 1. The van der Waals surface area contributed by atoms with Gasteiger partial charge in [0.25, 0.3) is 5.91 Å². The fraction of sp³-hybridized carbons (Fsp3) is 0.167. The summed E-state index contributed by atoms with van der Waals surface area (Å²) in [5, 5.41) is 9.28. The van der Waals surface area contributed by atoms with Crippen molar-refractivity contribution in [1.29, 1.82) is 0 Å². The van der Waals surface area contributed by atoms with Crippen LogP contribution in [0.2, 0.25) is 0 Å². The highest BCUT2D eigenvalue weighted by atomic mass is 16.2. The van der Waals surface area contributed by atoms with E-state index >= 15 is 0 Å². The first-order chi connectivity index (χ1) is 9.24. The van der Waals surface area contributed by atoms with Crippen LogP contribution in [0, 0.1) is 0 Å². The molecule has 1 atom stereocenters. The molecule has 0 spiro atoms. The lowest BCUT2D eigenvalue weighted by Gasteiger charge is -2.08. The second-order valence-electron chi connectivity index (χ2n) is 4.16. The van der Waals surface area contributed by atoms with Crippen molar-refractivity contribution in [1.82, 2.24) is 29.9 Å². The molecule has 0 aliphatic heterocycles. The van der Waals surface area contributed by atoms with Crippen LogP contribution < -0.4 is 5.32 Å². The fourth-order valence-electron chi connectivity index (χ4n) is 1.81. The van der Waals surface area contributed by atoms with Crippen LogP contribution in [-0.4, -0.2) is 30.5 Å². The summed E-state index contributed by atoms with van der Waals surface area (Å²) >= 11 is 0. The molecule has 0 fully saturated rings. The van der Waals surface area contributed by atoms with Gasteiger partial charge >= 0.3 is 0 Å². The molecule has 0 saturated carbocycles. The van der Waals surface area contributed by atoms with Crippen LogP contribution in [-0.2, 0) is 0 Å². The quantitative estimate of drug-likeness (QED) is 0.730. The molecular weight excluding hydrogens is 244 g/mol. The molecule has 3 heterocycles. The van der Waals surface area contributed by atoms with Crippen LogP contribution in [0.15, 0.2) is 36.9 Å². The van der Waals surface area contributed by atoms with E-state index in [4.69, 9.17) is 0 Å². The fourth-order valence-corrected chi connectivity index (χ4v) is 1.81. The number of carbonyl (C=O) groups is 1. The number of hydrogen-bond acceptors (Lipinski definition) is 4. The molecule has 0 radical (unpaired) electrons. The van der Waals surface area contributed by atoms with Crippen LogP contribution in [0.1, 0.15) is 29.3 Å². The van der Waals surface area contributed by atoms with Crippen molar-refractivity contribution >= 4 is 11.6 Å². The number of amides is 1. The molecule has 1 unspecified atom stereocenters. The molecule has 0 aromatic carbocycles. The molecule has 3 rings (SSSR count). The van der Waals surface area contributed by atoms with Gasteiger partial charge in [-0.25, -0.2) is 9.97 Å². The Morgan fingerprint density at radius 3 is 3.11 bits per heavy atom. The van der Waals surface area contributed by atoms with Gasteiger partial charge in [-0.3, -0.25) is 9.89 Å². The highest BCUT2D eigenvalue weighted by Gasteiger charge is 2.15. The van der Waals surface area contributed by atoms with Crippen LogP contribution in [0.3, 0.4) is 0 Å². The van der Waals surface area contributed by atoms with Crippen molar-refractivity contribution in [2.24, 2.45) is 0 Å². The van der Waals surface area contributed by atoms with Gasteiger partial charge in [0.2, 0.25) is 0 Å². The number of carbonyl (C=O) groups excluding carboxylic acids is 1. The maximum absolute atomic E-state index is 12.1. The summed E-state index contributed by atoms with van der Waals surface area (Å²) in [6.07, 6.45) is 4.94. The van der Waals surface area contributed by atoms with Crippen molar-refractivity contribution in [3.05, 3.63) is 48.4 Å². The minimum absolute atomic E-state index is 0.243. The van der Waals surface area contributed by atoms with E-state index in [1.165, 1.54) is 6.33 Å². The number of aromatic amines is 1. The van der Waals surface area contributed by atoms with E-state index in [2.05, 4.69) is 25.5 Å². The largest absolute Gasteiger partial charge is 0.341 e. The zero-order chi connectivity index (χ0) is 13.2. The first-order valence-electron chi connectivity index (χ1n) is 5.84. The van der Waals surface area contributed by atoms with Gasteiger partial charge in [-0.15, -0.1) is 0 Å². The number of H-pyrrole nitrogens is 1. The molecule has 3 aromatic rings. The van der Waals surface area contributed by atoms with Gasteiger partial charge in [-0.1, -0.05) is 6.07 Å². The van der Waals surface area contributed by atoms with Gasteiger partial charge in [0.1, 0.15) is 23.5 Å². The first-order valence-corrected chi connectivity index (χ1v) is 5.84. The zero-order valence-corrected chi connectivity index (χ0v) is 10.2. The smallest absolute Gasteiger partial charge is 0.272 e. The van der Waals surface area contributed by atoms with Crippen LogP contribution in [0.5, 0.6) is 0 Å². The number of pyridine rings is 1. The number of aromatic nitrogens is 5. The lowest BCUT2D eigenvalue weighted by atomic mass is 10.3. The Bertz CT molecular complexity index is 669. The van der Waals surface area contributed by atoms with E-state index < -0.39 is 0 Å². The highest BCUT2D eigenvalue weighted by molar-refractivity contribution is 5.93. The number of nitrogens with one attached hydrogen (secondary N) is 2. The molecule has 7 nitrogen and oxygen atoms in total. The lowest BCUT2D eigenvalue weighted by molar-refractivity contribution is 0.0934. The maximum atomic E-state index is 12.1. The SMILES string of the molecule is CC(NC(=O)c1cn2ccccc2n1)c1ncn[nH]1. The van der Waals surface area contributed by atoms with Crippen molar-refractivity contribution in [2.75, 3.05) is 0 Å². The Kier molecular flexibility index (Phi) is 2.71. The molecule has 0 aliphatic rings. The zero-order valence-electron chi connectivity index (χ0n) is 10.2. The Labute approximate surface area is 108 Å². The average molecular weight is 256 g/mol. The predicted octanol–water partition coefficient (Wildman–Crippen LogP) is 0.943. The third-order valence-electron chi connectivity index (χ3n) is 2.79. The normalized spacial score (nSPS) is 12.5. The maximum Gasteiger partial charge on any atom is 0.272 e. The summed E-state index contributed by atoms with van der Waals surface area (Å²) in [6.45, 7) is 1.83. The monoisotopic (exact) mass is 256 g/mol. The van der Waals surface area contributed by atoms with Crippen molar-refractivity contribution in [3.8, 4) is 0 Å². The highest BCUT2D eigenvalue weighted by Crippen LogP contribution is 2.08. The molecule has 2 N–H and O–H groups in total. The summed E-state index contributed by atoms with van der Waals surface area (Å²) < 4.78 is 1.80. The van der Waals surface area contributed by atoms with E-state index in [0.29, 0.717) is 11.5 Å². The molecular formula is C12H12N6O. The standard InChI is InChI=1S/C12H12N6O/c1-8(11-13-7-14-17-11)15-12(19)9-6-18-5-3-2-4-10(18)16-9/h2-8H,1H3,(H,15,19)(H,13,14,17). The summed E-state index contributed by atoms with van der Waals surface area (Å²) in [5.74, 6) is 0.365. The molecule has 1 amide bonds. The Balaban J connectivity index is 1.80. The van der Waals surface area contributed by atoms with Crippen LogP contribution in [0.4, 0.5) is 0 Å². The summed E-state index contributed by atoms with van der Waals surface area (Å²) in [5.41, 5.74) is 1.11. The van der Waals surface area contributed by atoms with Crippen molar-refractivity contribution < 1.29 is 4.79 Å². The third-order valence-corrected chi connectivity index (χ3v) is 2.79. The predicted molar refractivity (Wildman–Crippen MR) is 67.5 cm³/mol. The molecule has 0 bridgehead atoms. The van der Waals surface area contributed by atoms with Gasteiger partial charge in [0.05, 0.1) is 6.04 Å². The lowest BCUT2D eigenvalue weighted by Crippen LogP contribution is -2.27. The summed E-state index contributed by atoms with van der Waals surface area (Å²) in [4.78, 5) is 20.3. The number of fused-ring (bicyclic) bond motifs is 1. The Morgan fingerprint density at radius 1 is 1.47 bits per heavy atom. The molecule has 0 saturated heterocycles. The van der Waals surface area contributed by atoms with Gasteiger partial charge in [-0.05, 0) is 19.1 Å². The Hall–Kier alpha value is -2.70. The minimum Gasteiger partial charge on any atom is -0.341 e. The van der Waals surface area contributed by atoms with E-state index in [-0.39, 0.29) is 11.9 Å². The molecule has 0 aliphatic carbocycles. The second kappa shape index (κ2) is 4.52. The van der Waals surface area contributed by atoms with E-state index in [1.807, 2.05) is 31.3 Å². The molecule has 3 aromatic heterocycles. The molecule has 7 heteroatoms. The van der Waals surface area contributed by atoms with Gasteiger partial charge in [0, 0.05) is 12.4 Å². The average Bonchev–Trinajstić information content (AvgIpc) is 3.07. The summed E-state index contributed by atoms with van der Waals surface area (Å²) in [7, 11) is 0. The summed E-state index contributed by atoms with van der Waals surface area (Å²) in [6, 6.07) is 5.35. The van der Waals surface area contributed by atoms with E-state index in [9.17, 15) is 4.79 Å². The number of hydrogen-bond donors (Lipinski definition) is 2. The third kappa shape index (κ3) is 2.17. The van der Waals surface area contributed by atoms with Crippen molar-refractivity contribution in [3.63, 3.8) is 0 Å². The first kappa shape index (κ1) is 11.4. The van der Waals surface area contributed by atoms with Crippen LogP contribution in [0.25, 0.3) is 5.65 Å². The van der Waals surface area contributed by atoms with Gasteiger partial charge in [0.15, 0.2) is 0 Å². The number of rotatable bonds is 3. The van der Waals surface area contributed by atoms with Crippen molar-refractivity contribution in [2.45, 2.75) is 13.0 Å². The second-order valence-corrected chi connectivity index (χ2v) is 4.16. The van der Waals surface area contributed by atoms with Gasteiger partial charge in [-0.2, -0.15) is 5.10 Å². The van der Waals surface area contributed by atoms with E-state index in [1.54, 1.807) is 10.6 Å². The minimum atomic E-state index is -0.250. The molecule has 96 valence electrons.